The second kappa shape index (κ2) is 6.74. The third-order valence-corrected chi connectivity index (χ3v) is 6.89. The number of amides is 1. The lowest BCUT2D eigenvalue weighted by Gasteiger charge is -2.01. The highest BCUT2D eigenvalue weighted by atomic mass is 35.5. The molecular weight excluding hydrogens is 380 g/mol. The van der Waals surface area contributed by atoms with Crippen LogP contribution < -0.4 is 4.80 Å². The minimum atomic E-state index is -3.28. The normalized spacial score (nSPS) is 12.7. The molecule has 130 valence electrons. The van der Waals surface area contributed by atoms with Crippen molar-refractivity contribution in [3.8, 4) is 0 Å². The maximum absolute atomic E-state index is 12.4. The van der Waals surface area contributed by atoms with Gasteiger partial charge in [0.1, 0.15) is 0 Å². The zero-order valence-corrected chi connectivity index (χ0v) is 16.0. The van der Waals surface area contributed by atoms with Crippen molar-refractivity contribution in [1.29, 1.82) is 0 Å². The van der Waals surface area contributed by atoms with E-state index in [9.17, 15) is 13.2 Å². The third-order valence-electron chi connectivity index (χ3n) is 3.81. The maximum Gasteiger partial charge on any atom is 0.279 e. The molecule has 5 nitrogen and oxygen atoms in total. The van der Waals surface area contributed by atoms with Gasteiger partial charge in [-0.05, 0) is 42.5 Å². The van der Waals surface area contributed by atoms with Crippen LogP contribution in [-0.4, -0.2) is 24.6 Å². The summed E-state index contributed by atoms with van der Waals surface area (Å²) in [6.45, 7) is 1.58. The van der Waals surface area contributed by atoms with Crippen molar-refractivity contribution >= 4 is 48.9 Å². The van der Waals surface area contributed by atoms with E-state index in [0.717, 1.165) is 10.2 Å². The minimum absolute atomic E-state index is 0.0187. The Kier molecular flexibility index (Phi) is 4.81. The fourth-order valence-corrected chi connectivity index (χ4v) is 4.51. The van der Waals surface area contributed by atoms with E-state index in [2.05, 4.69) is 4.99 Å². The lowest BCUT2D eigenvalue weighted by molar-refractivity contribution is 0.0998. The van der Waals surface area contributed by atoms with Gasteiger partial charge in [-0.2, -0.15) is 4.99 Å². The Hall–Kier alpha value is -1.96. The van der Waals surface area contributed by atoms with Crippen molar-refractivity contribution < 1.29 is 13.2 Å². The van der Waals surface area contributed by atoms with Gasteiger partial charge in [0.2, 0.25) is 0 Å². The maximum atomic E-state index is 12.4. The molecule has 2 aromatic carbocycles. The molecule has 25 heavy (non-hydrogen) atoms. The average Bonchev–Trinajstić information content (AvgIpc) is 2.90. The molecule has 0 unspecified atom stereocenters. The summed E-state index contributed by atoms with van der Waals surface area (Å²) in [7, 11) is -1.46. The Bertz CT molecular complexity index is 1130. The lowest BCUT2D eigenvalue weighted by Crippen LogP contribution is -2.13. The van der Waals surface area contributed by atoms with Gasteiger partial charge in [0.25, 0.3) is 5.91 Å². The fraction of sp³-hybridized carbons (Fsp3) is 0.176. The average molecular weight is 395 g/mol. The van der Waals surface area contributed by atoms with E-state index in [1.165, 1.54) is 35.6 Å². The van der Waals surface area contributed by atoms with Crippen LogP contribution in [0.25, 0.3) is 10.2 Å². The van der Waals surface area contributed by atoms with E-state index >= 15 is 0 Å². The Balaban J connectivity index is 1.99. The number of thiazole rings is 1. The molecule has 0 N–H and O–H groups in total. The summed E-state index contributed by atoms with van der Waals surface area (Å²) in [6.07, 6.45) is 0. The van der Waals surface area contributed by atoms with Gasteiger partial charge >= 0.3 is 0 Å². The number of carbonyl (C=O) groups excluding carboxylic acids is 1. The van der Waals surface area contributed by atoms with Gasteiger partial charge in [0, 0.05) is 17.6 Å². The van der Waals surface area contributed by atoms with Gasteiger partial charge in [0.05, 0.1) is 20.9 Å². The zero-order chi connectivity index (χ0) is 18.2. The smallest absolute Gasteiger partial charge is 0.279 e. The van der Waals surface area contributed by atoms with Crippen LogP contribution in [0, 0.1) is 0 Å². The molecule has 3 aromatic rings. The van der Waals surface area contributed by atoms with Gasteiger partial charge < -0.3 is 4.57 Å². The summed E-state index contributed by atoms with van der Waals surface area (Å²) in [5, 5.41) is 0.625. The molecule has 0 saturated carbocycles. The predicted octanol–water partition coefficient (Wildman–Crippen LogP) is 3.43. The first-order valence-electron chi connectivity index (χ1n) is 7.49. The van der Waals surface area contributed by atoms with Gasteiger partial charge in [-0.3, -0.25) is 4.79 Å². The summed E-state index contributed by atoms with van der Waals surface area (Å²) in [5.41, 5.74) is 1.27. The summed E-state index contributed by atoms with van der Waals surface area (Å²) in [5.74, 6) is -0.404. The molecule has 0 fully saturated rings. The Morgan fingerprint density at radius 1 is 1.20 bits per heavy atom. The molecule has 0 radical (unpaired) electrons. The molecule has 0 aliphatic rings. The van der Waals surface area contributed by atoms with E-state index in [-0.39, 0.29) is 10.6 Å². The second-order valence-electron chi connectivity index (χ2n) is 5.40. The Labute approximate surface area is 154 Å². The van der Waals surface area contributed by atoms with Crippen LogP contribution in [0.5, 0.6) is 0 Å². The number of nitrogens with zero attached hydrogens (tertiary/aromatic N) is 2. The van der Waals surface area contributed by atoms with Gasteiger partial charge in [0.15, 0.2) is 14.6 Å². The molecule has 0 atom stereocenters. The number of aryl methyl sites for hydroxylation is 1. The Morgan fingerprint density at radius 2 is 1.88 bits per heavy atom. The number of carbonyl (C=O) groups is 1. The number of fused-ring (bicyclic) bond motifs is 1. The van der Waals surface area contributed by atoms with Crippen molar-refractivity contribution in [2.24, 2.45) is 12.0 Å². The highest BCUT2D eigenvalue weighted by Crippen LogP contribution is 2.21. The first-order chi connectivity index (χ1) is 11.8. The highest BCUT2D eigenvalue weighted by molar-refractivity contribution is 7.91. The number of hydrogen-bond donors (Lipinski definition) is 0. The molecule has 3 rings (SSSR count). The van der Waals surface area contributed by atoms with Crippen molar-refractivity contribution in [3.63, 3.8) is 0 Å². The van der Waals surface area contributed by atoms with Crippen LogP contribution in [0.15, 0.2) is 52.4 Å². The molecule has 0 spiro atoms. The van der Waals surface area contributed by atoms with Crippen molar-refractivity contribution in [2.45, 2.75) is 11.8 Å². The third kappa shape index (κ3) is 3.53. The lowest BCUT2D eigenvalue weighted by atomic mass is 10.2. The summed E-state index contributed by atoms with van der Waals surface area (Å²) < 4.78 is 26.4. The van der Waals surface area contributed by atoms with Crippen molar-refractivity contribution in [1.82, 2.24) is 4.57 Å². The van der Waals surface area contributed by atoms with Crippen molar-refractivity contribution in [3.05, 3.63) is 57.9 Å². The first-order valence-corrected chi connectivity index (χ1v) is 10.3. The van der Waals surface area contributed by atoms with Crippen molar-refractivity contribution in [2.75, 3.05) is 5.75 Å². The number of halogens is 1. The molecule has 0 aliphatic heterocycles. The fourth-order valence-electron chi connectivity index (χ4n) is 2.34. The van der Waals surface area contributed by atoms with E-state index in [4.69, 9.17) is 11.6 Å². The summed E-state index contributed by atoms with van der Waals surface area (Å²) in [4.78, 5) is 17.3. The molecule has 0 bridgehead atoms. The topological polar surface area (TPSA) is 68.5 Å². The number of aromatic nitrogens is 1. The number of benzene rings is 2. The van der Waals surface area contributed by atoms with E-state index in [0.29, 0.717) is 15.4 Å². The van der Waals surface area contributed by atoms with Gasteiger partial charge in [-0.15, -0.1) is 0 Å². The minimum Gasteiger partial charge on any atom is -0.319 e. The summed E-state index contributed by atoms with van der Waals surface area (Å²) in [6, 6.07) is 11.3. The second-order valence-corrected chi connectivity index (χ2v) is 9.12. The van der Waals surface area contributed by atoms with Gasteiger partial charge in [-0.25, -0.2) is 8.42 Å². The van der Waals surface area contributed by atoms with E-state index in [1.807, 2.05) is 23.7 Å². The molecule has 1 aromatic heterocycles. The Morgan fingerprint density at radius 3 is 2.52 bits per heavy atom. The van der Waals surface area contributed by atoms with Crippen LogP contribution in [0.2, 0.25) is 5.02 Å². The zero-order valence-electron chi connectivity index (χ0n) is 13.6. The molecule has 1 amide bonds. The molecular formula is C17H15ClN2O3S2. The predicted molar refractivity (Wildman–Crippen MR) is 99.9 cm³/mol. The largest absolute Gasteiger partial charge is 0.319 e. The van der Waals surface area contributed by atoms with Crippen LogP contribution in [0.3, 0.4) is 0 Å². The standard InChI is InChI=1S/C17H15ClN2O3S2/c1-3-25(22,23)13-7-4-11(5-8-13)16(21)19-17-20(2)14-9-6-12(18)10-15(14)24-17/h4-10H,3H2,1-2H3. The van der Waals surface area contributed by atoms with E-state index < -0.39 is 15.7 Å². The molecule has 0 saturated heterocycles. The molecule has 8 heteroatoms. The van der Waals surface area contributed by atoms with Crippen LogP contribution >= 0.6 is 22.9 Å². The van der Waals surface area contributed by atoms with Crippen LogP contribution in [0.1, 0.15) is 17.3 Å². The number of sulfone groups is 1. The number of rotatable bonds is 3. The quantitative estimate of drug-likeness (QED) is 0.683. The van der Waals surface area contributed by atoms with E-state index in [1.54, 1.807) is 13.0 Å². The van der Waals surface area contributed by atoms with Crippen LogP contribution in [0.4, 0.5) is 0 Å². The monoisotopic (exact) mass is 394 g/mol. The van der Waals surface area contributed by atoms with Crippen LogP contribution in [-0.2, 0) is 16.9 Å². The van der Waals surface area contributed by atoms with Gasteiger partial charge in [-0.1, -0.05) is 29.9 Å². The highest BCUT2D eigenvalue weighted by Gasteiger charge is 2.13. The first kappa shape index (κ1) is 17.8. The molecule has 0 aliphatic carbocycles. The number of hydrogen-bond acceptors (Lipinski definition) is 4. The molecule has 1 heterocycles. The summed E-state index contributed by atoms with van der Waals surface area (Å²) >= 11 is 7.36. The SMILES string of the molecule is CCS(=O)(=O)c1ccc(C(=O)N=c2sc3cc(Cl)ccc3n2C)cc1.